The molecule has 0 aliphatic rings. The van der Waals surface area contributed by atoms with Crippen LogP contribution in [-0.4, -0.2) is 29.6 Å². The summed E-state index contributed by atoms with van der Waals surface area (Å²) < 4.78 is 12.2. The number of ether oxygens (including phenoxy) is 2. The van der Waals surface area contributed by atoms with E-state index in [1.54, 1.807) is 30.3 Å². The summed E-state index contributed by atoms with van der Waals surface area (Å²) in [6.45, 7) is 2.28. The highest BCUT2D eigenvalue weighted by Crippen LogP contribution is 2.32. The average molecular weight is 434 g/mol. The quantitative estimate of drug-likeness (QED) is 0.396. The molecular weight excluding hydrogens is 410 g/mol. The lowest BCUT2D eigenvalue weighted by atomic mass is 10.1. The number of fused-ring (bicyclic) bond motifs is 1. The monoisotopic (exact) mass is 433 g/mol. The van der Waals surface area contributed by atoms with Gasteiger partial charge in [-0.05, 0) is 42.3 Å². The van der Waals surface area contributed by atoms with E-state index in [4.69, 9.17) is 14.5 Å². The standard InChI is InChI=1S/C24H23N3O3S/c1-3-17-9-8-13-21-23(17)26-24(31-21)27(15-18-10-6-7-14-25-18)22(28)16-30-20-12-5-4-11-19(20)29-2/h4-14H,3,15-16H2,1-2H3. The summed E-state index contributed by atoms with van der Waals surface area (Å²) >= 11 is 1.50. The van der Waals surface area contributed by atoms with Gasteiger partial charge in [0.05, 0.1) is 29.6 Å². The molecule has 0 fully saturated rings. The molecular formula is C24H23N3O3S. The molecule has 0 bridgehead atoms. The van der Waals surface area contributed by atoms with Crippen LogP contribution in [0.25, 0.3) is 10.2 Å². The minimum absolute atomic E-state index is 0.135. The van der Waals surface area contributed by atoms with Gasteiger partial charge in [-0.3, -0.25) is 14.7 Å². The molecule has 2 aromatic heterocycles. The number of anilines is 1. The Labute approximate surface area is 185 Å². The van der Waals surface area contributed by atoms with Crippen LogP contribution in [0.1, 0.15) is 18.2 Å². The lowest BCUT2D eigenvalue weighted by Crippen LogP contribution is -2.34. The summed E-state index contributed by atoms with van der Waals surface area (Å²) in [6.07, 6.45) is 2.60. The van der Waals surface area contributed by atoms with Gasteiger partial charge < -0.3 is 9.47 Å². The zero-order valence-electron chi connectivity index (χ0n) is 17.4. The number of carbonyl (C=O) groups excluding carboxylic acids is 1. The van der Waals surface area contributed by atoms with Gasteiger partial charge in [0, 0.05) is 6.20 Å². The number of rotatable bonds is 8. The van der Waals surface area contributed by atoms with E-state index in [1.165, 1.54) is 11.3 Å². The van der Waals surface area contributed by atoms with Crippen molar-refractivity contribution in [2.45, 2.75) is 19.9 Å². The zero-order chi connectivity index (χ0) is 21.6. The molecule has 0 saturated carbocycles. The highest BCUT2D eigenvalue weighted by molar-refractivity contribution is 7.22. The molecule has 4 aromatic rings. The van der Waals surface area contributed by atoms with E-state index in [1.807, 2.05) is 42.5 Å². The molecule has 1 amide bonds. The number of thiazole rings is 1. The molecule has 158 valence electrons. The van der Waals surface area contributed by atoms with E-state index in [9.17, 15) is 4.79 Å². The maximum absolute atomic E-state index is 13.3. The number of hydrogen-bond donors (Lipinski definition) is 0. The van der Waals surface area contributed by atoms with Crippen LogP contribution in [0.2, 0.25) is 0 Å². The average Bonchev–Trinajstić information content (AvgIpc) is 3.26. The van der Waals surface area contributed by atoms with Crippen molar-refractivity contribution in [1.29, 1.82) is 0 Å². The van der Waals surface area contributed by atoms with Crippen LogP contribution < -0.4 is 14.4 Å². The minimum atomic E-state index is -0.200. The van der Waals surface area contributed by atoms with E-state index in [2.05, 4.69) is 18.0 Å². The predicted octanol–water partition coefficient (Wildman–Crippen LogP) is 4.87. The van der Waals surface area contributed by atoms with Crippen LogP contribution in [0, 0.1) is 0 Å². The first kappa shape index (κ1) is 20.8. The van der Waals surface area contributed by atoms with E-state index < -0.39 is 0 Å². The van der Waals surface area contributed by atoms with Gasteiger partial charge in [-0.15, -0.1) is 0 Å². The second-order valence-corrected chi connectivity index (χ2v) is 7.86. The van der Waals surface area contributed by atoms with E-state index >= 15 is 0 Å². The molecule has 4 rings (SSSR count). The maximum atomic E-state index is 13.3. The van der Waals surface area contributed by atoms with Crippen molar-refractivity contribution in [2.24, 2.45) is 0 Å². The molecule has 0 saturated heterocycles. The van der Waals surface area contributed by atoms with Crippen molar-refractivity contribution in [2.75, 3.05) is 18.6 Å². The Morgan fingerprint density at radius 1 is 1.03 bits per heavy atom. The van der Waals surface area contributed by atoms with Crippen molar-refractivity contribution in [3.63, 3.8) is 0 Å². The van der Waals surface area contributed by atoms with Crippen molar-refractivity contribution in [1.82, 2.24) is 9.97 Å². The third-order valence-electron chi connectivity index (χ3n) is 4.87. The summed E-state index contributed by atoms with van der Waals surface area (Å²) in [5.74, 6) is 0.904. The molecule has 0 N–H and O–H groups in total. The fourth-order valence-corrected chi connectivity index (χ4v) is 4.30. The number of aryl methyl sites for hydroxylation is 1. The Morgan fingerprint density at radius 2 is 1.84 bits per heavy atom. The van der Waals surface area contributed by atoms with Crippen LogP contribution in [0.3, 0.4) is 0 Å². The molecule has 0 aliphatic heterocycles. The number of para-hydroxylation sites is 3. The Kier molecular flexibility index (Phi) is 6.43. The third-order valence-corrected chi connectivity index (χ3v) is 5.91. The maximum Gasteiger partial charge on any atom is 0.267 e. The molecule has 2 aromatic carbocycles. The molecule has 2 heterocycles. The van der Waals surface area contributed by atoms with E-state index in [-0.39, 0.29) is 12.5 Å². The van der Waals surface area contributed by atoms with Crippen LogP contribution in [0.4, 0.5) is 5.13 Å². The minimum Gasteiger partial charge on any atom is -0.493 e. The molecule has 0 atom stereocenters. The van der Waals surface area contributed by atoms with Gasteiger partial charge in [-0.1, -0.05) is 48.6 Å². The number of hydrogen-bond acceptors (Lipinski definition) is 6. The van der Waals surface area contributed by atoms with Crippen LogP contribution in [-0.2, 0) is 17.8 Å². The number of carbonyl (C=O) groups is 1. The summed E-state index contributed by atoms with van der Waals surface area (Å²) in [7, 11) is 1.57. The van der Waals surface area contributed by atoms with Crippen molar-refractivity contribution >= 4 is 32.6 Å². The Bertz CT molecular complexity index is 1180. The van der Waals surface area contributed by atoms with Crippen LogP contribution in [0.5, 0.6) is 11.5 Å². The number of aromatic nitrogens is 2. The summed E-state index contributed by atoms with van der Waals surface area (Å²) in [5.41, 5.74) is 2.88. The Morgan fingerprint density at radius 3 is 2.58 bits per heavy atom. The van der Waals surface area contributed by atoms with Crippen molar-refractivity contribution < 1.29 is 14.3 Å². The molecule has 7 heteroatoms. The number of nitrogens with zero attached hydrogens (tertiary/aromatic N) is 3. The summed E-state index contributed by atoms with van der Waals surface area (Å²) in [6, 6.07) is 19.1. The second-order valence-electron chi connectivity index (χ2n) is 6.85. The second kappa shape index (κ2) is 9.57. The number of pyridine rings is 1. The summed E-state index contributed by atoms with van der Waals surface area (Å²) in [4.78, 5) is 24.1. The van der Waals surface area contributed by atoms with E-state index in [0.29, 0.717) is 23.2 Å². The van der Waals surface area contributed by atoms with Gasteiger partial charge in [0.2, 0.25) is 0 Å². The number of benzene rings is 2. The van der Waals surface area contributed by atoms with Gasteiger partial charge in [0.25, 0.3) is 5.91 Å². The Balaban J connectivity index is 1.63. The van der Waals surface area contributed by atoms with Gasteiger partial charge in [0.15, 0.2) is 23.2 Å². The lowest BCUT2D eigenvalue weighted by Gasteiger charge is -2.20. The first-order valence-electron chi connectivity index (χ1n) is 10.0. The molecule has 0 aliphatic carbocycles. The highest BCUT2D eigenvalue weighted by Gasteiger charge is 2.22. The van der Waals surface area contributed by atoms with Crippen LogP contribution >= 0.6 is 11.3 Å². The van der Waals surface area contributed by atoms with Crippen LogP contribution in [0.15, 0.2) is 66.9 Å². The molecule has 31 heavy (non-hydrogen) atoms. The van der Waals surface area contributed by atoms with E-state index in [0.717, 1.165) is 27.9 Å². The fourth-order valence-electron chi connectivity index (χ4n) is 3.27. The predicted molar refractivity (Wildman–Crippen MR) is 123 cm³/mol. The number of methoxy groups -OCH3 is 1. The summed E-state index contributed by atoms with van der Waals surface area (Å²) in [5, 5.41) is 0.634. The SMILES string of the molecule is CCc1cccc2sc(N(Cc3ccccn3)C(=O)COc3ccccc3OC)nc12. The molecule has 0 unspecified atom stereocenters. The topological polar surface area (TPSA) is 64.6 Å². The molecule has 0 spiro atoms. The smallest absolute Gasteiger partial charge is 0.267 e. The first-order chi connectivity index (χ1) is 15.2. The van der Waals surface area contributed by atoms with Gasteiger partial charge in [-0.2, -0.15) is 0 Å². The first-order valence-corrected chi connectivity index (χ1v) is 10.9. The van der Waals surface area contributed by atoms with Crippen molar-refractivity contribution in [3.8, 4) is 11.5 Å². The molecule has 0 radical (unpaired) electrons. The Hall–Kier alpha value is -3.45. The van der Waals surface area contributed by atoms with Crippen molar-refractivity contribution in [3.05, 3.63) is 78.1 Å². The lowest BCUT2D eigenvalue weighted by molar-refractivity contribution is -0.120. The van der Waals surface area contributed by atoms with Gasteiger partial charge in [0.1, 0.15) is 0 Å². The normalized spacial score (nSPS) is 10.8. The van der Waals surface area contributed by atoms with Gasteiger partial charge in [-0.25, -0.2) is 4.98 Å². The fraction of sp³-hybridized carbons (Fsp3) is 0.208. The number of amides is 1. The van der Waals surface area contributed by atoms with Gasteiger partial charge >= 0.3 is 0 Å². The third kappa shape index (κ3) is 4.67. The molecule has 6 nitrogen and oxygen atoms in total. The highest BCUT2D eigenvalue weighted by atomic mass is 32.1. The zero-order valence-corrected chi connectivity index (χ0v) is 18.3. The largest absolute Gasteiger partial charge is 0.493 e.